The van der Waals surface area contributed by atoms with Crippen LogP contribution < -0.4 is 11.1 Å². The van der Waals surface area contributed by atoms with Crippen molar-refractivity contribution in [1.29, 1.82) is 0 Å². The first-order valence-electron chi connectivity index (χ1n) is 5.24. The molecule has 0 aliphatic rings. The molecule has 1 rings (SSSR count). The van der Waals surface area contributed by atoms with Crippen molar-refractivity contribution in [3.63, 3.8) is 0 Å². The Morgan fingerprint density at radius 3 is 2.59 bits per heavy atom. The molecular weight excluding hydrogens is 220 g/mol. The Morgan fingerprint density at radius 2 is 2.06 bits per heavy atom. The minimum atomic E-state index is -0.727. The molecule has 0 heterocycles. The third-order valence-electron chi connectivity index (χ3n) is 2.26. The zero-order valence-corrected chi connectivity index (χ0v) is 9.51. The minimum absolute atomic E-state index is 0.163. The number of benzene rings is 1. The van der Waals surface area contributed by atoms with Crippen LogP contribution in [0, 0.1) is 0 Å². The van der Waals surface area contributed by atoms with Crippen molar-refractivity contribution in [2.45, 2.75) is 25.4 Å². The Balaban J connectivity index is 2.53. The second kappa shape index (κ2) is 6.00. The average Bonchev–Trinajstić information content (AvgIpc) is 2.31. The van der Waals surface area contributed by atoms with E-state index in [4.69, 9.17) is 10.8 Å². The molecule has 5 nitrogen and oxygen atoms in total. The van der Waals surface area contributed by atoms with Crippen molar-refractivity contribution in [3.05, 3.63) is 29.8 Å². The molecule has 2 atom stereocenters. The van der Waals surface area contributed by atoms with Gasteiger partial charge >= 0.3 is 0 Å². The van der Waals surface area contributed by atoms with E-state index in [1.54, 1.807) is 18.4 Å². The Kier molecular flexibility index (Phi) is 4.66. The van der Waals surface area contributed by atoms with Crippen LogP contribution in [0.15, 0.2) is 24.3 Å². The first-order valence-corrected chi connectivity index (χ1v) is 5.24. The number of phenols is 1. The van der Waals surface area contributed by atoms with Crippen molar-refractivity contribution in [3.8, 4) is 5.75 Å². The zero-order chi connectivity index (χ0) is 12.8. The molecule has 0 fully saturated rings. The average molecular weight is 235 g/mol. The maximum atomic E-state index is 11.5. The number of hydrogen-bond donors (Lipinski definition) is 3. The molecule has 0 saturated carbocycles. The molecule has 0 aromatic heterocycles. The highest BCUT2D eigenvalue weighted by molar-refractivity contribution is 5.84. The van der Waals surface area contributed by atoms with Gasteiger partial charge in [-0.2, -0.15) is 0 Å². The molecule has 0 aliphatic heterocycles. The lowest BCUT2D eigenvalue weighted by atomic mass is 10.1. The van der Waals surface area contributed by atoms with E-state index in [0.717, 1.165) is 5.56 Å². The van der Waals surface area contributed by atoms with Gasteiger partial charge in [-0.15, -0.1) is 0 Å². The Bertz CT molecular complexity index is 389. The maximum absolute atomic E-state index is 11.5. The van der Waals surface area contributed by atoms with E-state index in [1.165, 1.54) is 19.1 Å². The van der Waals surface area contributed by atoms with Crippen LogP contribution in [0.25, 0.3) is 0 Å². The topological polar surface area (TPSA) is 92.4 Å². The second-order valence-electron chi connectivity index (χ2n) is 3.83. The Hall–Kier alpha value is -1.88. The lowest BCUT2D eigenvalue weighted by molar-refractivity contribution is -0.122. The predicted octanol–water partition coefficient (Wildman–Crippen LogP) is -0.124. The second-order valence-corrected chi connectivity index (χ2v) is 3.83. The molecule has 5 heteroatoms. The molecule has 1 aromatic carbocycles. The van der Waals surface area contributed by atoms with Gasteiger partial charge in [-0.1, -0.05) is 12.1 Å². The van der Waals surface area contributed by atoms with Crippen LogP contribution in [-0.2, 0) is 16.0 Å². The smallest absolute Gasteiger partial charge is 0.237 e. The summed E-state index contributed by atoms with van der Waals surface area (Å²) in [7, 11) is 0. The summed E-state index contributed by atoms with van der Waals surface area (Å²) in [5.41, 5.74) is 6.53. The van der Waals surface area contributed by atoms with Crippen molar-refractivity contribution >= 4 is 12.2 Å². The summed E-state index contributed by atoms with van der Waals surface area (Å²) in [6, 6.07) is 5.06. The Labute approximate surface area is 99.6 Å². The molecule has 91 valence electrons. The lowest BCUT2D eigenvalue weighted by Gasteiger charge is -2.13. The van der Waals surface area contributed by atoms with Gasteiger partial charge in [0, 0.05) is 0 Å². The molecule has 0 bridgehead atoms. The number of nitrogens with two attached hydrogens (primary N) is 1. The zero-order valence-electron chi connectivity index (χ0n) is 9.51. The van der Waals surface area contributed by atoms with Gasteiger partial charge in [0.1, 0.15) is 5.75 Å². The number of rotatable bonds is 5. The third kappa shape index (κ3) is 4.24. The van der Waals surface area contributed by atoms with E-state index in [9.17, 15) is 9.59 Å². The van der Waals surface area contributed by atoms with Crippen LogP contribution in [0.1, 0.15) is 12.5 Å². The van der Waals surface area contributed by atoms with Gasteiger partial charge in [-0.3, -0.25) is 9.59 Å². The summed E-state index contributed by atoms with van der Waals surface area (Å²) >= 11 is 0. The fourth-order valence-electron chi connectivity index (χ4n) is 1.33. The van der Waals surface area contributed by atoms with E-state index in [2.05, 4.69) is 5.32 Å². The molecule has 1 amide bonds. The summed E-state index contributed by atoms with van der Waals surface area (Å²) in [6.07, 6.45) is 2.00. The summed E-state index contributed by atoms with van der Waals surface area (Å²) in [6.45, 7) is 1.53. The van der Waals surface area contributed by atoms with Crippen LogP contribution in [0.2, 0.25) is 0 Å². The molecule has 4 N–H and O–H groups in total. The normalized spacial score (nSPS) is 13.8. The van der Waals surface area contributed by atoms with Gasteiger partial charge in [-0.05, 0) is 31.0 Å². The molecule has 0 unspecified atom stereocenters. The first kappa shape index (κ1) is 13.2. The lowest BCUT2D eigenvalue weighted by Crippen LogP contribution is -2.45. The van der Waals surface area contributed by atoms with Crippen LogP contribution in [0.4, 0.5) is 0 Å². The van der Waals surface area contributed by atoms with Crippen LogP contribution in [0.3, 0.4) is 0 Å². The summed E-state index contributed by atoms with van der Waals surface area (Å²) in [4.78, 5) is 21.8. The molecule has 0 saturated heterocycles. The van der Waals surface area contributed by atoms with Gasteiger partial charge in [0.25, 0.3) is 0 Å². The van der Waals surface area contributed by atoms with Crippen molar-refractivity contribution in [2.75, 3.05) is 0 Å². The quantitative estimate of drug-likeness (QED) is 0.663. The molecule has 17 heavy (non-hydrogen) atoms. The third-order valence-corrected chi connectivity index (χ3v) is 2.26. The van der Waals surface area contributed by atoms with E-state index in [0.29, 0.717) is 6.42 Å². The van der Waals surface area contributed by atoms with Crippen molar-refractivity contribution in [2.24, 2.45) is 5.73 Å². The summed E-state index contributed by atoms with van der Waals surface area (Å²) in [5.74, 6) is -0.232. The molecular formula is C12H15N2O3. The number of amides is 1. The van der Waals surface area contributed by atoms with Crippen LogP contribution in [-0.4, -0.2) is 29.4 Å². The van der Waals surface area contributed by atoms with E-state index >= 15 is 0 Å². The fraction of sp³-hybridized carbons (Fsp3) is 0.333. The van der Waals surface area contributed by atoms with Crippen LogP contribution >= 0.6 is 0 Å². The van der Waals surface area contributed by atoms with Gasteiger partial charge in [0.2, 0.25) is 12.2 Å². The van der Waals surface area contributed by atoms with Gasteiger partial charge in [0.15, 0.2) is 0 Å². The largest absolute Gasteiger partial charge is 0.508 e. The number of carbonyl (C=O) groups excluding carboxylic acids is 2. The van der Waals surface area contributed by atoms with Gasteiger partial charge in [0.05, 0.1) is 12.1 Å². The molecule has 1 radical (unpaired) electrons. The maximum Gasteiger partial charge on any atom is 0.237 e. The molecule has 0 aliphatic carbocycles. The minimum Gasteiger partial charge on any atom is -0.508 e. The fourth-order valence-corrected chi connectivity index (χ4v) is 1.33. The van der Waals surface area contributed by atoms with Gasteiger partial charge < -0.3 is 16.2 Å². The highest BCUT2D eigenvalue weighted by Gasteiger charge is 2.16. The SMILES string of the molecule is C[C@H]([C]=O)NC(=O)[C@@H](N)Cc1ccc(O)cc1. The predicted molar refractivity (Wildman–Crippen MR) is 63.1 cm³/mol. The standard InChI is InChI=1S/C12H15N2O3/c1-8(7-15)14-12(17)11(13)6-9-2-4-10(16)5-3-9/h2-5,8,11,16H,6,13H2,1H3,(H,14,17)/t8-,11+/m1/s1. The summed E-state index contributed by atoms with van der Waals surface area (Å²) < 4.78 is 0. The number of aromatic hydroxyl groups is 1. The number of phenolic OH excluding ortho intramolecular Hbond substituents is 1. The highest BCUT2D eigenvalue weighted by atomic mass is 16.3. The monoisotopic (exact) mass is 235 g/mol. The van der Waals surface area contributed by atoms with E-state index in [-0.39, 0.29) is 5.75 Å². The molecule has 1 aromatic rings. The van der Waals surface area contributed by atoms with Crippen molar-refractivity contribution < 1.29 is 14.7 Å². The highest BCUT2D eigenvalue weighted by Crippen LogP contribution is 2.10. The van der Waals surface area contributed by atoms with Crippen LogP contribution in [0.5, 0.6) is 5.75 Å². The van der Waals surface area contributed by atoms with Crippen molar-refractivity contribution in [1.82, 2.24) is 5.32 Å². The number of carbonyl (C=O) groups is 1. The van der Waals surface area contributed by atoms with Gasteiger partial charge in [-0.25, -0.2) is 0 Å². The molecule has 0 spiro atoms. The summed E-state index contributed by atoms with van der Waals surface area (Å²) in [5, 5.41) is 11.5. The number of nitrogens with one attached hydrogen (secondary N) is 1. The van der Waals surface area contributed by atoms with E-state index in [1.807, 2.05) is 0 Å². The van der Waals surface area contributed by atoms with E-state index < -0.39 is 18.0 Å². The number of hydrogen-bond acceptors (Lipinski definition) is 4. The Morgan fingerprint density at radius 1 is 1.47 bits per heavy atom. The first-order chi connectivity index (χ1) is 8.02.